The molecule has 0 spiro atoms. The number of alkyl carbamates (subject to hydrolysis) is 1. The number of amides is 3. The molecular weight excluding hydrogens is 917 g/mol. The number of aryl methyl sites for hydroxylation is 1. The van der Waals surface area contributed by atoms with Crippen molar-refractivity contribution < 1.29 is 43.2 Å². The lowest BCUT2D eigenvalue weighted by atomic mass is 9.89. The highest BCUT2D eigenvalue weighted by Crippen LogP contribution is 2.42. The summed E-state index contributed by atoms with van der Waals surface area (Å²) in [6.45, 7) is 19.8. The van der Waals surface area contributed by atoms with Crippen molar-refractivity contribution in [3.05, 3.63) is 125 Å². The lowest BCUT2D eigenvalue weighted by Gasteiger charge is -2.43. The Morgan fingerprint density at radius 1 is 0.847 bits per heavy atom. The Hall–Kier alpha value is -7.27. The Bertz CT molecular complexity index is 2900. The number of aliphatic carboxylic acids is 1. The normalized spacial score (nSPS) is 15.2. The lowest BCUT2D eigenvalue weighted by molar-refractivity contribution is -0.139. The molecule has 1 aliphatic heterocycles. The number of carboxylic acid groups (broad SMARTS) is 1. The molecule has 2 N–H and O–H groups in total. The monoisotopic (exact) mass is 985 g/mol. The van der Waals surface area contributed by atoms with Crippen LogP contribution in [-0.4, -0.2) is 94.8 Å². The number of ether oxygens (including phenoxy) is 4. The summed E-state index contributed by atoms with van der Waals surface area (Å²) in [7, 11) is 1.67. The molecule has 4 heterocycles. The Balaban J connectivity index is 1.26. The lowest BCUT2D eigenvalue weighted by Crippen LogP contribution is -2.56. The molecule has 0 saturated carbocycles. The van der Waals surface area contributed by atoms with Gasteiger partial charge in [0, 0.05) is 49.3 Å². The molecule has 1 aliphatic rings. The number of carboxylic acids is 1. The predicted octanol–water partition coefficient (Wildman–Crippen LogP) is 10.8. The first-order valence-corrected chi connectivity index (χ1v) is 24.4. The van der Waals surface area contributed by atoms with Crippen LogP contribution in [0.2, 0.25) is 0 Å². The van der Waals surface area contributed by atoms with Gasteiger partial charge in [-0.2, -0.15) is 0 Å². The van der Waals surface area contributed by atoms with Gasteiger partial charge < -0.3 is 33.9 Å². The van der Waals surface area contributed by atoms with E-state index in [4.69, 9.17) is 29.1 Å². The number of hydrazine groups is 1. The fourth-order valence-corrected chi connectivity index (χ4v) is 9.07. The van der Waals surface area contributed by atoms with Crippen LogP contribution in [0, 0.1) is 0 Å². The van der Waals surface area contributed by atoms with Gasteiger partial charge >= 0.3 is 24.2 Å². The SMILES string of the molecule is CCn1c(-c2cccnc2[C@H](C)OC)c(CC(C)(C)n2cc([C@@H]3CCCN(C(=O)OC(C)(C)C)N3C(=O)OC(C)(C)C)nn2)c2cc(-c3cccc(C[C@H](NC(=O)OCc4ccccc4)C(=O)O)c3)ccc21. The van der Waals surface area contributed by atoms with Gasteiger partial charge in [-0.05, 0) is 141 Å². The van der Waals surface area contributed by atoms with Gasteiger partial charge in [-0.1, -0.05) is 65.9 Å². The van der Waals surface area contributed by atoms with E-state index in [0.717, 1.165) is 50.1 Å². The van der Waals surface area contributed by atoms with Crippen molar-refractivity contribution in [2.45, 2.75) is 143 Å². The molecule has 0 unspecified atom stereocenters. The van der Waals surface area contributed by atoms with E-state index in [9.17, 15) is 24.3 Å². The topological polar surface area (TPSA) is 192 Å². The first kappa shape index (κ1) is 52.6. The summed E-state index contributed by atoms with van der Waals surface area (Å²) in [6.07, 6.45) is 2.70. The molecule has 72 heavy (non-hydrogen) atoms. The molecule has 17 nitrogen and oxygen atoms in total. The van der Waals surface area contributed by atoms with Crippen molar-refractivity contribution in [3.63, 3.8) is 0 Å². The molecule has 382 valence electrons. The average molecular weight is 985 g/mol. The molecule has 0 aliphatic carbocycles. The van der Waals surface area contributed by atoms with Crippen molar-refractivity contribution in [1.82, 2.24) is 39.9 Å². The fourth-order valence-electron chi connectivity index (χ4n) is 9.07. The van der Waals surface area contributed by atoms with Crippen LogP contribution in [0.1, 0.15) is 122 Å². The van der Waals surface area contributed by atoms with Crippen LogP contribution in [0.5, 0.6) is 0 Å². The number of benzene rings is 3. The number of carbonyl (C=O) groups excluding carboxylic acids is 3. The van der Waals surface area contributed by atoms with Crippen LogP contribution in [0.15, 0.2) is 97.3 Å². The third-order valence-electron chi connectivity index (χ3n) is 12.5. The van der Waals surface area contributed by atoms with E-state index >= 15 is 0 Å². The summed E-state index contributed by atoms with van der Waals surface area (Å²) in [5, 5.41) is 25.7. The molecule has 0 radical (unpaired) electrons. The molecule has 6 aromatic rings. The first-order valence-electron chi connectivity index (χ1n) is 24.4. The molecule has 3 atom stereocenters. The summed E-state index contributed by atoms with van der Waals surface area (Å²) in [4.78, 5) is 57.7. The molecule has 1 fully saturated rings. The molecule has 3 amide bonds. The van der Waals surface area contributed by atoms with Crippen LogP contribution in [0.25, 0.3) is 33.3 Å². The summed E-state index contributed by atoms with van der Waals surface area (Å²) in [5.74, 6) is -1.18. The minimum atomic E-state index is -1.23. The quantitative estimate of drug-likeness (QED) is 0.0927. The number of nitrogens with one attached hydrogen (secondary N) is 1. The highest BCUT2D eigenvalue weighted by molar-refractivity contribution is 5.95. The van der Waals surface area contributed by atoms with Gasteiger partial charge in [0.25, 0.3) is 0 Å². The second kappa shape index (κ2) is 21.6. The second-order valence-corrected chi connectivity index (χ2v) is 20.8. The van der Waals surface area contributed by atoms with E-state index in [1.165, 1.54) is 10.0 Å². The van der Waals surface area contributed by atoms with Crippen LogP contribution < -0.4 is 5.32 Å². The van der Waals surface area contributed by atoms with E-state index in [1.54, 1.807) is 54.8 Å². The number of pyridine rings is 1. The fraction of sp³-hybridized carbons (Fsp3) is 0.436. The smallest absolute Gasteiger partial charge is 0.430 e. The van der Waals surface area contributed by atoms with Crippen molar-refractivity contribution in [2.75, 3.05) is 13.7 Å². The largest absolute Gasteiger partial charge is 0.480 e. The number of methoxy groups -OCH3 is 1. The van der Waals surface area contributed by atoms with Crippen LogP contribution in [-0.2, 0) is 55.3 Å². The van der Waals surface area contributed by atoms with Gasteiger partial charge in [-0.15, -0.1) is 5.10 Å². The molecule has 1 saturated heterocycles. The zero-order chi connectivity index (χ0) is 52.1. The highest BCUT2D eigenvalue weighted by atomic mass is 16.6. The predicted molar refractivity (Wildman–Crippen MR) is 273 cm³/mol. The first-order chi connectivity index (χ1) is 34.1. The highest BCUT2D eigenvalue weighted by Gasteiger charge is 2.43. The van der Waals surface area contributed by atoms with Crippen molar-refractivity contribution in [3.8, 4) is 22.4 Å². The molecule has 7 rings (SSSR count). The zero-order valence-electron chi connectivity index (χ0n) is 43.3. The third-order valence-corrected chi connectivity index (χ3v) is 12.5. The van der Waals surface area contributed by atoms with Crippen molar-refractivity contribution in [1.29, 1.82) is 0 Å². The number of fused-ring (bicyclic) bond motifs is 1. The van der Waals surface area contributed by atoms with Gasteiger partial charge in [0.05, 0.1) is 29.2 Å². The molecule has 17 heteroatoms. The van der Waals surface area contributed by atoms with Gasteiger partial charge in [0.15, 0.2) is 0 Å². The summed E-state index contributed by atoms with van der Waals surface area (Å²) < 4.78 is 27.0. The third kappa shape index (κ3) is 12.2. The van der Waals surface area contributed by atoms with Crippen LogP contribution in [0.4, 0.5) is 14.4 Å². The number of carbonyl (C=O) groups is 4. The van der Waals surface area contributed by atoms with E-state index in [2.05, 4.69) is 60.0 Å². The van der Waals surface area contributed by atoms with Crippen LogP contribution >= 0.6 is 0 Å². The standard InChI is InChI=1S/C55H68N8O9/c1-12-60-45-26-25-39(38-22-16-21-37(29-38)30-43(49(64)65)57-50(66)70-34-36-19-14-13-15-20-36)31-41(45)42(48(60)40-23-17-27-56-47(40)35(2)69-11)32-55(9,10)62-33-44(58-59-62)46-24-18-28-61(51(67)71-53(3,4)5)63(46)52(68)72-54(6,7)8/h13-17,19-23,25-27,29,31,33,35,43,46H,12,18,24,28,30,32,34H2,1-11H3,(H,57,66)(H,64,65)/t35-,43-,46-/m0/s1. The van der Waals surface area contributed by atoms with Crippen molar-refractivity contribution >= 4 is 35.2 Å². The summed E-state index contributed by atoms with van der Waals surface area (Å²) in [6, 6.07) is 25.3. The average Bonchev–Trinajstić information content (AvgIpc) is 3.96. The molecular formula is C55H68N8O9. The van der Waals surface area contributed by atoms with E-state index in [-0.39, 0.29) is 25.7 Å². The van der Waals surface area contributed by atoms with E-state index in [1.807, 2.05) is 78.5 Å². The Kier molecular flexibility index (Phi) is 15.8. The Morgan fingerprint density at radius 3 is 2.22 bits per heavy atom. The maximum Gasteiger partial charge on any atom is 0.430 e. The molecule has 3 aromatic carbocycles. The zero-order valence-corrected chi connectivity index (χ0v) is 43.3. The number of hydrogen-bond donors (Lipinski definition) is 2. The van der Waals surface area contributed by atoms with Crippen LogP contribution in [0.3, 0.4) is 0 Å². The maximum atomic E-state index is 14.0. The van der Waals surface area contributed by atoms with E-state index in [0.29, 0.717) is 37.1 Å². The summed E-state index contributed by atoms with van der Waals surface area (Å²) in [5.41, 5.74) is 6.09. The van der Waals surface area contributed by atoms with Gasteiger partial charge in [-0.3, -0.25) is 4.98 Å². The second-order valence-electron chi connectivity index (χ2n) is 20.8. The van der Waals surface area contributed by atoms with Crippen molar-refractivity contribution in [2.24, 2.45) is 0 Å². The van der Waals surface area contributed by atoms with Gasteiger partial charge in [-0.25, -0.2) is 33.9 Å². The van der Waals surface area contributed by atoms with E-state index < -0.39 is 53.1 Å². The maximum absolute atomic E-state index is 14.0. The number of rotatable bonds is 15. The molecule has 3 aromatic heterocycles. The number of aromatic nitrogens is 5. The minimum Gasteiger partial charge on any atom is -0.480 e. The number of hydrogen-bond acceptors (Lipinski definition) is 11. The Morgan fingerprint density at radius 2 is 1.54 bits per heavy atom. The number of nitrogens with zero attached hydrogens (tertiary/aromatic N) is 7. The van der Waals surface area contributed by atoms with Gasteiger partial charge in [0.2, 0.25) is 0 Å². The van der Waals surface area contributed by atoms with Gasteiger partial charge in [0.1, 0.15) is 35.6 Å². The summed E-state index contributed by atoms with van der Waals surface area (Å²) >= 11 is 0. The molecule has 0 bridgehead atoms. The Labute approximate surface area is 421 Å². The minimum absolute atomic E-state index is 0.0102.